The Bertz CT molecular complexity index is 668. The zero-order chi connectivity index (χ0) is 18.2. The SMILES string of the molecule is CCOC(=O)CCCCCN1C(=O)/C(=C/c2ccc(C)cc2)SC1=S. The van der Waals surface area contributed by atoms with Crippen molar-refractivity contribution in [1.82, 2.24) is 4.90 Å². The molecular weight excluding hydrogens is 354 g/mol. The van der Waals surface area contributed by atoms with Crippen LogP contribution in [0.2, 0.25) is 0 Å². The smallest absolute Gasteiger partial charge is 0.305 e. The van der Waals surface area contributed by atoms with Crippen molar-refractivity contribution < 1.29 is 14.3 Å². The average Bonchev–Trinajstić information content (AvgIpc) is 2.84. The maximum atomic E-state index is 12.5. The molecule has 0 N–H and O–H groups in total. The van der Waals surface area contributed by atoms with Gasteiger partial charge >= 0.3 is 5.97 Å². The standard InChI is InChI=1S/C19H23NO3S2/c1-3-23-17(21)7-5-4-6-12-20-18(22)16(25-19(20)24)13-15-10-8-14(2)9-11-15/h8-11,13H,3-7,12H2,1-2H3/b16-13-. The molecular formula is C19H23NO3S2. The first-order valence-electron chi connectivity index (χ1n) is 8.49. The number of ether oxygens (including phenoxy) is 1. The predicted molar refractivity (Wildman–Crippen MR) is 106 cm³/mol. The Kier molecular flexibility index (Phi) is 7.65. The summed E-state index contributed by atoms with van der Waals surface area (Å²) in [6.45, 7) is 4.85. The summed E-state index contributed by atoms with van der Waals surface area (Å²) in [6, 6.07) is 8.04. The summed E-state index contributed by atoms with van der Waals surface area (Å²) in [7, 11) is 0. The Hall–Kier alpha value is -1.66. The minimum atomic E-state index is -0.158. The lowest BCUT2D eigenvalue weighted by atomic mass is 10.1. The second kappa shape index (κ2) is 9.73. The Morgan fingerprint density at radius 3 is 2.64 bits per heavy atom. The largest absolute Gasteiger partial charge is 0.466 e. The first-order valence-corrected chi connectivity index (χ1v) is 9.71. The number of benzene rings is 1. The van der Waals surface area contributed by atoms with Gasteiger partial charge in [-0.1, -0.05) is 60.2 Å². The number of esters is 1. The van der Waals surface area contributed by atoms with Crippen LogP contribution in [0, 0.1) is 6.92 Å². The van der Waals surface area contributed by atoms with Crippen molar-refractivity contribution >= 4 is 46.3 Å². The zero-order valence-corrected chi connectivity index (χ0v) is 16.3. The molecule has 2 rings (SSSR count). The molecule has 1 aliphatic heterocycles. The predicted octanol–water partition coefficient (Wildman–Crippen LogP) is 4.32. The van der Waals surface area contributed by atoms with Crippen LogP contribution >= 0.6 is 24.0 Å². The highest BCUT2D eigenvalue weighted by atomic mass is 32.2. The monoisotopic (exact) mass is 377 g/mol. The molecule has 0 aliphatic carbocycles. The van der Waals surface area contributed by atoms with Crippen LogP contribution in [0.25, 0.3) is 6.08 Å². The lowest BCUT2D eigenvalue weighted by Gasteiger charge is -2.13. The van der Waals surface area contributed by atoms with E-state index in [1.165, 1.54) is 17.3 Å². The molecule has 0 spiro atoms. The van der Waals surface area contributed by atoms with Gasteiger partial charge in [0.2, 0.25) is 0 Å². The van der Waals surface area contributed by atoms with Gasteiger partial charge in [0, 0.05) is 13.0 Å². The van der Waals surface area contributed by atoms with Crippen molar-refractivity contribution in [2.24, 2.45) is 0 Å². The molecule has 1 aliphatic rings. The molecule has 1 heterocycles. The first-order chi connectivity index (χ1) is 12.0. The van der Waals surface area contributed by atoms with E-state index >= 15 is 0 Å². The second-order valence-electron chi connectivity index (χ2n) is 5.86. The van der Waals surface area contributed by atoms with Gasteiger partial charge in [-0.25, -0.2) is 0 Å². The number of amides is 1. The topological polar surface area (TPSA) is 46.6 Å². The van der Waals surface area contributed by atoms with Gasteiger partial charge in [-0.3, -0.25) is 14.5 Å². The molecule has 134 valence electrons. The van der Waals surface area contributed by atoms with Crippen LogP contribution in [-0.4, -0.2) is 34.2 Å². The summed E-state index contributed by atoms with van der Waals surface area (Å²) in [5, 5.41) is 0. The highest BCUT2D eigenvalue weighted by Gasteiger charge is 2.31. The van der Waals surface area contributed by atoms with Gasteiger partial charge in [0.25, 0.3) is 5.91 Å². The minimum absolute atomic E-state index is 0.0269. The van der Waals surface area contributed by atoms with E-state index < -0.39 is 0 Å². The molecule has 0 saturated carbocycles. The van der Waals surface area contributed by atoms with E-state index in [0.717, 1.165) is 24.8 Å². The van der Waals surface area contributed by atoms with Gasteiger partial charge < -0.3 is 4.74 Å². The lowest BCUT2D eigenvalue weighted by molar-refractivity contribution is -0.143. The number of hydrogen-bond acceptors (Lipinski definition) is 5. The van der Waals surface area contributed by atoms with E-state index in [0.29, 0.717) is 28.8 Å². The summed E-state index contributed by atoms with van der Waals surface area (Å²) >= 11 is 6.69. The second-order valence-corrected chi connectivity index (χ2v) is 7.54. The van der Waals surface area contributed by atoms with E-state index in [-0.39, 0.29) is 11.9 Å². The molecule has 1 amide bonds. The number of carbonyl (C=O) groups excluding carboxylic acids is 2. The fourth-order valence-electron chi connectivity index (χ4n) is 2.46. The molecule has 4 nitrogen and oxygen atoms in total. The van der Waals surface area contributed by atoms with Crippen LogP contribution in [0.5, 0.6) is 0 Å². The van der Waals surface area contributed by atoms with Gasteiger partial charge in [0.1, 0.15) is 4.32 Å². The summed E-state index contributed by atoms with van der Waals surface area (Å²) in [6.07, 6.45) is 4.78. The average molecular weight is 378 g/mol. The Balaban J connectivity index is 1.82. The number of unbranched alkanes of at least 4 members (excludes halogenated alkanes) is 2. The van der Waals surface area contributed by atoms with Gasteiger partial charge in [-0.2, -0.15) is 0 Å². The van der Waals surface area contributed by atoms with Gasteiger partial charge in [0.05, 0.1) is 11.5 Å². The molecule has 0 unspecified atom stereocenters. The van der Waals surface area contributed by atoms with Crippen LogP contribution in [0.3, 0.4) is 0 Å². The van der Waals surface area contributed by atoms with Gasteiger partial charge in [-0.15, -0.1) is 0 Å². The number of nitrogens with zero attached hydrogens (tertiary/aromatic N) is 1. The quantitative estimate of drug-likeness (QED) is 0.292. The van der Waals surface area contributed by atoms with Crippen LogP contribution in [0.4, 0.5) is 0 Å². The van der Waals surface area contributed by atoms with E-state index in [9.17, 15) is 9.59 Å². The third-order valence-electron chi connectivity index (χ3n) is 3.82. The zero-order valence-electron chi connectivity index (χ0n) is 14.6. The minimum Gasteiger partial charge on any atom is -0.466 e. The number of thioether (sulfide) groups is 1. The van der Waals surface area contributed by atoms with Crippen molar-refractivity contribution in [3.8, 4) is 0 Å². The molecule has 0 bridgehead atoms. The van der Waals surface area contributed by atoms with Crippen LogP contribution in [0.1, 0.15) is 43.7 Å². The number of carbonyl (C=O) groups is 2. The van der Waals surface area contributed by atoms with Gasteiger partial charge in [-0.05, 0) is 38.3 Å². The normalized spacial score (nSPS) is 15.9. The van der Waals surface area contributed by atoms with Crippen molar-refractivity contribution in [3.05, 3.63) is 40.3 Å². The van der Waals surface area contributed by atoms with E-state index in [1.807, 2.05) is 37.3 Å². The van der Waals surface area contributed by atoms with E-state index in [4.69, 9.17) is 17.0 Å². The Morgan fingerprint density at radius 1 is 1.24 bits per heavy atom. The molecule has 1 fully saturated rings. The number of hydrogen-bond donors (Lipinski definition) is 0. The lowest BCUT2D eigenvalue weighted by Crippen LogP contribution is -2.29. The first kappa shape index (κ1) is 19.7. The van der Waals surface area contributed by atoms with Crippen molar-refractivity contribution in [2.75, 3.05) is 13.2 Å². The van der Waals surface area contributed by atoms with E-state index in [2.05, 4.69) is 0 Å². The maximum absolute atomic E-state index is 12.5. The Morgan fingerprint density at radius 2 is 1.96 bits per heavy atom. The number of aryl methyl sites for hydroxylation is 1. The molecule has 1 aromatic carbocycles. The number of thiocarbonyl (C=S) groups is 1. The van der Waals surface area contributed by atoms with Crippen molar-refractivity contribution in [1.29, 1.82) is 0 Å². The van der Waals surface area contributed by atoms with Crippen molar-refractivity contribution in [3.63, 3.8) is 0 Å². The summed E-state index contributed by atoms with van der Waals surface area (Å²) < 4.78 is 5.50. The molecule has 1 saturated heterocycles. The number of rotatable bonds is 8. The molecule has 0 atom stereocenters. The molecule has 1 aromatic rings. The molecule has 6 heteroatoms. The summed E-state index contributed by atoms with van der Waals surface area (Å²) in [4.78, 5) is 26.1. The third-order valence-corrected chi connectivity index (χ3v) is 5.19. The van der Waals surface area contributed by atoms with E-state index in [1.54, 1.807) is 11.8 Å². The molecule has 0 radical (unpaired) electrons. The van der Waals surface area contributed by atoms with Crippen LogP contribution in [-0.2, 0) is 14.3 Å². The highest BCUT2D eigenvalue weighted by Crippen LogP contribution is 2.32. The maximum Gasteiger partial charge on any atom is 0.305 e. The fraction of sp³-hybridized carbons (Fsp3) is 0.421. The van der Waals surface area contributed by atoms with Crippen molar-refractivity contribution in [2.45, 2.75) is 39.5 Å². The molecule has 0 aromatic heterocycles. The Labute approximate surface area is 158 Å². The van der Waals surface area contributed by atoms with Crippen LogP contribution < -0.4 is 0 Å². The van der Waals surface area contributed by atoms with Gasteiger partial charge in [0.15, 0.2) is 0 Å². The van der Waals surface area contributed by atoms with Crippen LogP contribution in [0.15, 0.2) is 29.2 Å². The summed E-state index contributed by atoms with van der Waals surface area (Å²) in [5.41, 5.74) is 2.19. The summed E-state index contributed by atoms with van der Waals surface area (Å²) in [5.74, 6) is -0.185. The fourth-order valence-corrected chi connectivity index (χ4v) is 3.76. The highest BCUT2D eigenvalue weighted by molar-refractivity contribution is 8.26. The molecule has 25 heavy (non-hydrogen) atoms. The third kappa shape index (κ3) is 5.97.